The highest BCUT2D eigenvalue weighted by Crippen LogP contribution is 2.26. The highest BCUT2D eigenvalue weighted by atomic mass is 32.1. The first-order valence-electron chi connectivity index (χ1n) is 4.97. The summed E-state index contributed by atoms with van der Waals surface area (Å²) >= 11 is 4.58. The van der Waals surface area contributed by atoms with E-state index in [1.807, 2.05) is 30.3 Å². The van der Waals surface area contributed by atoms with Crippen LogP contribution in [0.15, 0.2) is 35.3 Å². The molecule has 4 heteroatoms. The summed E-state index contributed by atoms with van der Waals surface area (Å²) in [6.07, 6.45) is 0. The smallest absolute Gasteiger partial charge is 0.339 e. The van der Waals surface area contributed by atoms with E-state index in [0.717, 1.165) is 5.56 Å². The maximum atomic E-state index is 11.9. The van der Waals surface area contributed by atoms with Crippen LogP contribution in [0, 0.1) is 0 Å². The van der Waals surface area contributed by atoms with Crippen molar-refractivity contribution in [2.75, 3.05) is 6.61 Å². The van der Waals surface area contributed by atoms with Gasteiger partial charge in [0.15, 0.2) is 5.54 Å². The first kappa shape index (κ1) is 12.6. The van der Waals surface area contributed by atoms with Gasteiger partial charge in [0.05, 0.1) is 11.8 Å². The molecule has 0 aliphatic carbocycles. The van der Waals surface area contributed by atoms with Crippen LogP contribution in [0.4, 0.5) is 0 Å². The molecule has 0 radical (unpaired) electrons. The quantitative estimate of drug-likeness (QED) is 0.457. The minimum Gasteiger partial charge on any atom is -0.464 e. The lowest BCUT2D eigenvalue weighted by molar-refractivity contribution is -0.149. The average Bonchev–Trinajstić information content (AvgIpc) is 2.30. The van der Waals surface area contributed by atoms with Gasteiger partial charge in [-0.3, -0.25) is 0 Å². The molecule has 0 aromatic heterocycles. The van der Waals surface area contributed by atoms with E-state index in [0.29, 0.717) is 6.61 Å². The summed E-state index contributed by atoms with van der Waals surface area (Å²) in [5.41, 5.74) is -0.357. The number of thiocarbonyl (C=S) groups is 1. The summed E-state index contributed by atoms with van der Waals surface area (Å²) in [5, 5.41) is 2.25. The van der Waals surface area contributed by atoms with Gasteiger partial charge in [-0.1, -0.05) is 30.3 Å². The standard InChI is InChI=1S/C12H13NO2S/c1-3-15-11(14)12(2,13-9-16)10-7-5-4-6-8-10/h4-8H,3H2,1-2H3. The van der Waals surface area contributed by atoms with Gasteiger partial charge in [-0.25, -0.2) is 9.79 Å². The zero-order valence-corrected chi connectivity index (χ0v) is 10.1. The molecule has 1 aromatic rings. The minimum atomic E-state index is -1.10. The number of carbonyl (C=O) groups is 1. The van der Waals surface area contributed by atoms with Crippen molar-refractivity contribution in [3.63, 3.8) is 0 Å². The van der Waals surface area contributed by atoms with Crippen molar-refractivity contribution >= 4 is 23.3 Å². The Morgan fingerprint density at radius 1 is 1.50 bits per heavy atom. The maximum absolute atomic E-state index is 11.9. The third-order valence-electron chi connectivity index (χ3n) is 2.28. The molecule has 3 nitrogen and oxygen atoms in total. The van der Waals surface area contributed by atoms with Gasteiger partial charge in [-0.15, -0.1) is 0 Å². The van der Waals surface area contributed by atoms with E-state index < -0.39 is 11.5 Å². The van der Waals surface area contributed by atoms with Gasteiger partial charge in [-0.05, 0) is 31.6 Å². The van der Waals surface area contributed by atoms with Crippen LogP contribution in [-0.2, 0) is 15.1 Å². The van der Waals surface area contributed by atoms with Gasteiger partial charge in [-0.2, -0.15) is 0 Å². The third-order valence-corrected chi connectivity index (χ3v) is 2.37. The molecule has 0 amide bonds. The second-order valence-corrected chi connectivity index (χ2v) is 3.54. The predicted octanol–water partition coefficient (Wildman–Crippen LogP) is 2.57. The molecule has 0 saturated heterocycles. The van der Waals surface area contributed by atoms with Crippen molar-refractivity contribution in [2.24, 2.45) is 4.99 Å². The molecule has 0 saturated carbocycles. The second-order valence-electron chi connectivity index (χ2n) is 3.36. The van der Waals surface area contributed by atoms with Gasteiger partial charge < -0.3 is 4.74 Å². The summed E-state index contributed by atoms with van der Waals surface area (Å²) < 4.78 is 5.00. The average molecular weight is 235 g/mol. The van der Waals surface area contributed by atoms with Gasteiger partial charge in [0.1, 0.15) is 0 Å². The van der Waals surface area contributed by atoms with Crippen LogP contribution < -0.4 is 0 Å². The number of hydrogen-bond donors (Lipinski definition) is 0. The fourth-order valence-electron chi connectivity index (χ4n) is 1.35. The van der Waals surface area contributed by atoms with E-state index in [9.17, 15) is 4.79 Å². The van der Waals surface area contributed by atoms with Gasteiger partial charge in [0.25, 0.3) is 0 Å². The number of esters is 1. The fourth-order valence-corrected chi connectivity index (χ4v) is 1.54. The van der Waals surface area contributed by atoms with E-state index >= 15 is 0 Å². The summed E-state index contributed by atoms with van der Waals surface area (Å²) in [7, 11) is 0. The zero-order valence-electron chi connectivity index (χ0n) is 9.27. The SMILES string of the molecule is CCOC(=O)C(C)(N=C=S)c1ccccc1. The lowest BCUT2D eigenvalue weighted by atomic mass is 9.93. The third kappa shape index (κ3) is 2.54. The topological polar surface area (TPSA) is 38.7 Å². The van der Waals surface area contributed by atoms with Crippen LogP contribution in [0.1, 0.15) is 19.4 Å². The predicted molar refractivity (Wildman–Crippen MR) is 65.5 cm³/mol. The number of nitrogens with zero attached hydrogens (tertiary/aromatic N) is 1. The van der Waals surface area contributed by atoms with Crippen molar-refractivity contribution in [3.8, 4) is 0 Å². The van der Waals surface area contributed by atoms with Crippen LogP contribution >= 0.6 is 12.2 Å². The molecule has 0 bridgehead atoms. The number of rotatable bonds is 4. The molecule has 0 heterocycles. The summed E-state index contributed by atoms with van der Waals surface area (Å²) in [6.45, 7) is 3.73. The molecule has 1 aromatic carbocycles. The Kier molecular flexibility index (Phi) is 4.35. The second kappa shape index (κ2) is 5.54. The molecule has 16 heavy (non-hydrogen) atoms. The maximum Gasteiger partial charge on any atom is 0.339 e. The summed E-state index contributed by atoms with van der Waals surface area (Å²) in [4.78, 5) is 15.8. The minimum absolute atomic E-state index is 0.314. The zero-order chi connectivity index (χ0) is 12.0. The van der Waals surface area contributed by atoms with Gasteiger partial charge >= 0.3 is 5.97 Å². The van der Waals surface area contributed by atoms with Crippen molar-refractivity contribution in [1.82, 2.24) is 0 Å². The van der Waals surface area contributed by atoms with E-state index in [1.54, 1.807) is 13.8 Å². The summed E-state index contributed by atoms with van der Waals surface area (Å²) in [6, 6.07) is 9.17. The lowest BCUT2D eigenvalue weighted by Crippen LogP contribution is -2.32. The molecule has 0 aliphatic heterocycles. The molecular weight excluding hydrogens is 222 g/mol. The van der Waals surface area contributed by atoms with Crippen LogP contribution in [0.25, 0.3) is 0 Å². The monoisotopic (exact) mass is 235 g/mol. The largest absolute Gasteiger partial charge is 0.464 e. The number of carbonyl (C=O) groups excluding carboxylic acids is 1. The Morgan fingerprint density at radius 3 is 2.62 bits per heavy atom. The molecule has 84 valence electrons. The van der Waals surface area contributed by atoms with E-state index in [-0.39, 0.29) is 0 Å². The molecule has 0 fully saturated rings. The molecule has 0 aliphatic rings. The van der Waals surface area contributed by atoms with Crippen LogP contribution in [0.5, 0.6) is 0 Å². The Hall–Kier alpha value is -1.51. The van der Waals surface area contributed by atoms with Crippen molar-refractivity contribution < 1.29 is 9.53 Å². The number of benzene rings is 1. The van der Waals surface area contributed by atoms with E-state index in [4.69, 9.17) is 4.74 Å². The Labute approximate surface area is 100 Å². The Bertz CT molecular complexity index is 412. The highest BCUT2D eigenvalue weighted by molar-refractivity contribution is 7.78. The fraction of sp³-hybridized carbons (Fsp3) is 0.333. The van der Waals surface area contributed by atoms with Crippen LogP contribution in [0.3, 0.4) is 0 Å². The first-order chi connectivity index (χ1) is 7.65. The Balaban J connectivity index is 3.16. The van der Waals surface area contributed by atoms with E-state index in [2.05, 4.69) is 22.4 Å². The summed E-state index contributed by atoms with van der Waals surface area (Å²) in [5.74, 6) is -0.418. The molecule has 1 atom stereocenters. The van der Waals surface area contributed by atoms with Crippen molar-refractivity contribution in [2.45, 2.75) is 19.4 Å². The molecule has 1 rings (SSSR count). The molecule has 0 N–H and O–H groups in total. The number of ether oxygens (including phenoxy) is 1. The van der Waals surface area contributed by atoms with Crippen LogP contribution in [0.2, 0.25) is 0 Å². The number of aliphatic imine (C=N–C) groups is 1. The van der Waals surface area contributed by atoms with Crippen molar-refractivity contribution in [1.29, 1.82) is 0 Å². The van der Waals surface area contributed by atoms with Gasteiger partial charge in [0, 0.05) is 0 Å². The highest BCUT2D eigenvalue weighted by Gasteiger charge is 2.36. The van der Waals surface area contributed by atoms with Crippen molar-refractivity contribution in [3.05, 3.63) is 35.9 Å². The number of hydrogen-bond acceptors (Lipinski definition) is 4. The first-order valence-corrected chi connectivity index (χ1v) is 5.37. The van der Waals surface area contributed by atoms with Gasteiger partial charge in [0.2, 0.25) is 0 Å². The normalized spacial score (nSPS) is 13.4. The molecule has 0 spiro atoms. The lowest BCUT2D eigenvalue weighted by Gasteiger charge is -2.21. The van der Waals surface area contributed by atoms with Crippen LogP contribution in [-0.4, -0.2) is 17.7 Å². The molecular formula is C12H13NO2S. The Morgan fingerprint density at radius 2 is 2.12 bits per heavy atom. The molecule has 1 unspecified atom stereocenters. The van der Waals surface area contributed by atoms with E-state index in [1.165, 1.54) is 0 Å². The number of isothiocyanates is 1.